The molecule has 1 saturated heterocycles. The molecule has 1 aromatic carbocycles. The van der Waals surface area contributed by atoms with E-state index in [1.54, 1.807) is 4.90 Å². The lowest BCUT2D eigenvalue weighted by atomic mass is 10.2. The number of benzene rings is 1. The maximum Gasteiger partial charge on any atom is 0.260 e. The van der Waals surface area contributed by atoms with Crippen molar-refractivity contribution < 1.29 is 18.3 Å². The normalized spacial score (nSPS) is 19.3. The first-order valence-corrected chi connectivity index (χ1v) is 6.16. The van der Waals surface area contributed by atoms with Crippen LogP contribution in [-0.4, -0.2) is 43.1 Å². The van der Waals surface area contributed by atoms with Crippen LogP contribution in [0, 0.1) is 11.6 Å². The first-order valence-electron chi connectivity index (χ1n) is 6.16. The van der Waals surface area contributed by atoms with Crippen LogP contribution in [0.3, 0.4) is 0 Å². The fourth-order valence-corrected chi connectivity index (χ4v) is 2.03. The van der Waals surface area contributed by atoms with E-state index in [-0.39, 0.29) is 24.3 Å². The Morgan fingerprint density at radius 3 is 3.00 bits per heavy atom. The number of hydrogen-bond donors (Lipinski definition) is 1. The van der Waals surface area contributed by atoms with Gasteiger partial charge in [-0.2, -0.15) is 0 Å². The summed E-state index contributed by atoms with van der Waals surface area (Å²) < 4.78 is 31.1. The molecule has 0 aromatic heterocycles. The summed E-state index contributed by atoms with van der Waals surface area (Å²) in [5.41, 5.74) is 0. The molecule has 1 N–H and O–H groups in total. The molecule has 0 saturated carbocycles. The Balaban J connectivity index is 1.92. The van der Waals surface area contributed by atoms with Crippen LogP contribution in [0.25, 0.3) is 0 Å². The van der Waals surface area contributed by atoms with Crippen molar-refractivity contribution in [2.45, 2.75) is 13.0 Å². The van der Waals surface area contributed by atoms with E-state index in [0.29, 0.717) is 6.54 Å². The second kappa shape index (κ2) is 5.97. The van der Waals surface area contributed by atoms with E-state index in [9.17, 15) is 13.6 Å². The highest BCUT2D eigenvalue weighted by Crippen LogP contribution is 2.17. The van der Waals surface area contributed by atoms with Gasteiger partial charge in [0, 0.05) is 31.7 Å². The molecule has 1 aromatic rings. The van der Waals surface area contributed by atoms with Crippen LogP contribution in [0.5, 0.6) is 5.75 Å². The molecule has 104 valence electrons. The van der Waals surface area contributed by atoms with Crippen molar-refractivity contribution in [1.82, 2.24) is 10.2 Å². The van der Waals surface area contributed by atoms with E-state index in [1.165, 1.54) is 6.07 Å². The molecule has 0 spiro atoms. The molecule has 0 radical (unpaired) electrons. The molecule has 0 aliphatic carbocycles. The summed E-state index contributed by atoms with van der Waals surface area (Å²) in [7, 11) is 0. The number of carbonyl (C=O) groups is 1. The maximum absolute atomic E-state index is 13.3. The number of amides is 1. The van der Waals surface area contributed by atoms with Crippen molar-refractivity contribution in [2.75, 3.05) is 26.2 Å². The average Bonchev–Trinajstić information content (AvgIpc) is 2.38. The highest BCUT2D eigenvalue weighted by molar-refractivity contribution is 5.78. The zero-order valence-electron chi connectivity index (χ0n) is 10.7. The van der Waals surface area contributed by atoms with Gasteiger partial charge in [-0.1, -0.05) is 0 Å². The summed E-state index contributed by atoms with van der Waals surface area (Å²) in [5.74, 6) is -1.79. The number of carbonyl (C=O) groups excluding carboxylic acids is 1. The molecule has 4 nitrogen and oxygen atoms in total. The molecule has 1 aliphatic heterocycles. The molecule has 1 unspecified atom stereocenters. The van der Waals surface area contributed by atoms with Crippen LogP contribution in [0.4, 0.5) is 8.78 Å². The average molecular weight is 270 g/mol. The molecule has 6 heteroatoms. The summed E-state index contributed by atoms with van der Waals surface area (Å²) in [6, 6.07) is 3.09. The predicted octanol–water partition coefficient (Wildman–Crippen LogP) is 1.16. The Kier molecular flexibility index (Phi) is 4.31. The third-order valence-corrected chi connectivity index (χ3v) is 3.07. The predicted molar refractivity (Wildman–Crippen MR) is 65.9 cm³/mol. The molecule has 1 atom stereocenters. The van der Waals surface area contributed by atoms with Crippen LogP contribution in [-0.2, 0) is 4.79 Å². The Morgan fingerprint density at radius 2 is 2.32 bits per heavy atom. The first-order chi connectivity index (χ1) is 9.08. The Bertz CT molecular complexity index is 468. The van der Waals surface area contributed by atoms with Crippen LogP contribution in [0.2, 0.25) is 0 Å². The molecule has 19 heavy (non-hydrogen) atoms. The maximum atomic E-state index is 13.3. The number of nitrogens with one attached hydrogen (secondary N) is 1. The van der Waals surface area contributed by atoms with E-state index in [4.69, 9.17) is 4.74 Å². The number of halogens is 2. The van der Waals surface area contributed by atoms with Gasteiger partial charge in [0.2, 0.25) is 0 Å². The molecule has 2 rings (SSSR count). The molecular weight excluding hydrogens is 254 g/mol. The smallest absolute Gasteiger partial charge is 0.260 e. The van der Waals surface area contributed by atoms with Gasteiger partial charge in [-0.05, 0) is 19.1 Å². The minimum Gasteiger partial charge on any atom is -0.481 e. The second-order valence-corrected chi connectivity index (χ2v) is 4.50. The van der Waals surface area contributed by atoms with Gasteiger partial charge in [0.15, 0.2) is 18.2 Å². The van der Waals surface area contributed by atoms with E-state index in [0.717, 1.165) is 25.2 Å². The molecule has 0 bridgehead atoms. The third kappa shape index (κ3) is 3.41. The van der Waals surface area contributed by atoms with Crippen molar-refractivity contribution in [2.24, 2.45) is 0 Å². The molecule has 1 amide bonds. The van der Waals surface area contributed by atoms with Crippen molar-refractivity contribution in [3.05, 3.63) is 29.8 Å². The number of piperazine rings is 1. The fraction of sp³-hybridized carbons (Fsp3) is 0.462. The highest BCUT2D eigenvalue weighted by Gasteiger charge is 2.23. The SMILES string of the molecule is CC1CNCCN1C(=O)COc1ccc(F)cc1F. The minimum atomic E-state index is -0.804. The molecule has 1 aliphatic rings. The number of ether oxygens (including phenoxy) is 1. The van der Waals surface area contributed by atoms with Gasteiger partial charge in [0.25, 0.3) is 5.91 Å². The minimum absolute atomic E-state index is 0.0860. The van der Waals surface area contributed by atoms with Gasteiger partial charge in [0.1, 0.15) is 5.82 Å². The topological polar surface area (TPSA) is 41.6 Å². The Labute approximate surface area is 110 Å². The van der Waals surface area contributed by atoms with Gasteiger partial charge in [-0.15, -0.1) is 0 Å². The molecular formula is C13H16F2N2O2. The Hall–Kier alpha value is -1.69. The van der Waals surface area contributed by atoms with Gasteiger partial charge < -0.3 is 15.0 Å². The van der Waals surface area contributed by atoms with E-state index in [1.807, 2.05) is 6.92 Å². The van der Waals surface area contributed by atoms with Crippen LogP contribution >= 0.6 is 0 Å². The van der Waals surface area contributed by atoms with Crippen molar-refractivity contribution in [3.63, 3.8) is 0 Å². The standard InChI is InChI=1S/C13H16F2N2O2/c1-9-7-16-4-5-17(9)13(18)8-19-12-3-2-10(14)6-11(12)15/h2-3,6,9,16H,4-5,7-8H2,1H3. The zero-order chi connectivity index (χ0) is 13.8. The fourth-order valence-electron chi connectivity index (χ4n) is 2.03. The van der Waals surface area contributed by atoms with Gasteiger partial charge in [-0.25, -0.2) is 8.78 Å². The van der Waals surface area contributed by atoms with E-state index in [2.05, 4.69) is 5.32 Å². The van der Waals surface area contributed by atoms with Crippen LogP contribution in [0.1, 0.15) is 6.92 Å². The quantitative estimate of drug-likeness (QED) is 0.896. The van der Waals surface area contributed by atoms with Crippen LogP contribution < -0.4 is 10.1 Å². The summed E-state index contributed by atoms with van der Waals surface area (Å²) in [5, 5.41) is 3.17. The monoisotopic (exact) mass is 270 g/mol. The molecule has 1 fully saturated rings. The van der Waals surface area contributed by atoms with Crippen molar-refractivity contribution in [1.29, 1.82) is 0 Å². The second-order valence-electron chi connectivity index (χ2n) is 4.50. The number of hydrogen-bond acceptors (Lipinski definition) is 3. The van der Waals surface area contributed by atoms with Gasteiger partial charge in [-0.3, -0.25) is 4.79 Å². The zero-order valence-corrected chi connectivity index (χ0v) is 10.7. The molecule has 1 heterocycles. The number of nitrogens with zero attached hydrogens (tertiary/aromatic N) is 1. The largest absolute Gasteiger partial charge is 0.481 e. The van der Waals surface area contributed by atoms with E-state index < -0.39 is 11.6 Å². The summed E-state index contributed by atoms with van der Waals surface area (Å²) in [6.45, 7) is 3.77. The first kappa shape index (κ1) is 13.7. The van der Waals surface area contributed by atoms with Gasteiger partial charge >= 0.3 is 0 Å². The van der Waals surface area contributed by atoms with Crippen molar-refractivity contribution >= 4 is 5.91 Å². The lowest BCUT2D eigenvalue weighted by Crippen LogP contribution is -2.53. The summed E-state index contributed by atoms with van der Waals surface area (Å²) >= 11 is 0. The lowest BCUT2D eigenvalue weighted by Gasteiger charge is -2.33. The Morgan fingerprint density at radius 1 is 1.53 bits per heavy atom. The van der Waals surface area contributed by atoms with Crippen molar-refractivity contribution in [3.8, 4) is 5.75 Å². The van der Waals surface area contributed by atoms with Crippen LogP contribution in [0.15, 0.2) is 18.2 Å². The number of rotatable bonds is 3. The van der Waals surface area contributed by atoms with E-state index >= 15 is 0 Å². The summed E-state index contributed by atoms with van der Waals surface area (Å²) in [4.78, 5) is 13.6. The third-order valence-electron chi connectivity index (χ3n) is 3.07. The highest BCUT2D eigenvalue weighted by atomic mass is 19.1. The lowest BCUT2D eigenvalue weighted by molar-refractivity contribution is -0.136. The summed E-state index contributed by atoms with van der Waals surface area (Å²) in [6.07, 6.45) is 0. The van der Waals surface area contributed by atoms with Gasteiger partial charge in [0.05, 0.1) is 0 Å².